The number of fused-ring (bicyclic) bond motifs is 1. The Labute approximate surface area is 126 Å². The van der Waals surface area contributed by atoms with Crippen LogP contribution in [0.15, 0.2) is 54.6 Å². The van der Waals surface area contributed by atoms with Crippen LogP contribution in [0, 0.1) is 11.8 Å². The highest BCUT2D eigenvalue weighted by Crippen LogP contribution is 2.22. The van der Waals surface area contributed by atoms with E-state index in [9.17, 15) is 0 Å². The fourth-order valence-electron chi connectivity index (χ4n) is 2.33. The number of H-pyrrole nitrogens is 1. The molecule has 0 saturated heterocycles. The molecule has 0 atom stereocenters. The van der Waals surface area contributed by atoms with Crippen LogP contribution in [0.5, 0.6) is 0 Å². The number of nitrogens with one attached hydrogen (secondary N) is 1. The van der Waals surface area contributed by atoms with Gasteiger partial charge in [0.05, 0.1) is 5.69 Å². The molecule has 1 N–H and O–H groups in total. The van der Waals surface area contributed by atoms with Gasteiger partial charge in [-0.25, -0.2) is 0 Å². The average molecular weight is 273 g/mol. The zero-order valence-electron chi connectivity index (χ0n) is 12.7. The van der Waals surface area contributed by atoms with E-state index in [1.54, 1.807) is 0 Å². The maximum Gasteiger partial charge on any atom is 0.0908 e. The second-order valence-corrected chi connectivity index (χ2v) is 6.35. The first-order valence-corrected chi connectivity index (χ1v) is 7.23. The van der Waals surface area contributed by atoms with Crippen LogP contribution in [0.25, 0.3) is 10.9 Å². The highest BCUT2D eigenvalue weighted by atomic mass is 14.7. The van der Waals surface area contributed by atoms with Crippen LogP contribution in [-0.4, -0.2) is 4.98 Å². The number of para-hydroxylation sites is 1. The molecule has 0 aliphatic rings. The molecule has 0 radical (unpaired) electrons. The summed E-state index contributed by atoms with van der Waals surface area (Å²) in [6.07, 6.45) is 0. The first kappa shape index (κ1) is 13.5. The van der Waals surface area contributed by atoms with Gasteiger partial charge < -0.3 is 4.98 Å². The molecule has 3 rings (SSSR count). The largest absolute Gasteiger partial charge is 0.348 e. The van der Waals surface area contributed by atoms with Crippen molar-refractivity contribution in [2.45, 2.75) is 26.2 Å². The molecule has 104 valence electrons. The molecule has 0 amide bonds. The van der Waals surface area contributed by atoms with E-state index in [1.807, 2.05) is 12.1 Å². The van der Waals surface area contributed by atoms with Gasteiger partial charge >= 0.3 is 0 Å². The van der Waals surface area contributed by atoms with Crippen molar-refractivity contribution in [3.63, 3.8) is 0 Å². The monoisotopic (exact) mass is 273 g/mol. The highest BCUT2D eigenvalue weighted by molar-refractivity contribution is 5.81. The van der Waals surface area contributed by atoms with Crippen LogP contribution < -0.4 is 0 Å². The minimum absolute atomic E-state index is 0.184. The Bertz CT molecular complexity index is 785. The Morgan fingerprint density at radius 1 is 0.857 bits per heavy atom. The predicted octanol–water partition coefficient (Wildman–Crippen LogP) is 4.87. The van der Waals surface area contributed by atoms with E-state index >= 15 is 0 Å². The lowest BCUT2D eigenvalue weighted by atomic mass is 9.87. The number of benzene rings is 2. The quantitative estimate of drug-likeness (QED) is 0.563. The van der Waals surface area contributed by atoms with Gasteiger partial charge in [0.2, 0.25) is 0 Å². The number of hydrogen-bond acceptors (Lipinski definition) is 0. The number of aromatic amines is 1. The molecule has 3 aromatic rings. The van der Waals surface area contributed by atoms with Crippen LogP contribution in [0.1, 0.15) is 37.6 Å². The summed E-state index contributed by atoms with van der Waals surface area (Å²) < 4.78 is 0. The third-order valence-electron chi connectivity index (χ3n) is 3.62. The van der Waals surface area contributed by atoms with Crippen molar-refractivity contribution in [1.29, 1.82) is 0 Å². The zero-order valence-corrected chi connectivity index (χ0v) is 12.7. The molecule has 1 nitrogen and oxygen atoms in total. The smallest absolute Gasteiger partial charge is 0.0908 e. The zero-order chi connectivity index (χ0) is 14.9. The van der Waals surface area contributed by atoms with Crippen LogP contribution in [0.4, 0.5) is 0 Å². The summed E-state index contributed by atoms with van der Waals surface area (Å²) >= 11 is 0. The number of rotatable bonds is 0. The van der Waals surface area contributed by atoms with Crippen LogP contribution in [-0.2, 0) is 5.41 Å². The minimum Gasteiger partial charge on any atom is -0.348 e. The molecule has 21 heavy (non-hydrogen) atoms. The average Bonchev–Trinajstić information content (AvgIpc) is 2.87. The van der Waals surface area contributed by atoms with Gasteiger partial charge in [0.1, 0.15) is 0 Å². The Hall–Kier alpha value is -2.46. The fraction of sp³-hybridized carbons (Fsp3) is 0.200. The Morgan fingerprint density at radius 3 is 2.24 bits per heavy atom. The molecule has 0 bridgehead atoms. The highest BCUT2D eigenvalue weighted by Gasteiger charge is 2.12. The van der Waals surface area contributed by atoms with Gasteiger partial charge in [-0.2, -0.15) is 0 Å². The van der Waals surface area contributed by atoms with Gasteiger partial charge in [-0.05, 0) is 41.2 Å². The fourth-order valence-corrected chi connectivity index (χ4v) is 2.33. The van der Waals surface area contributed by atoms with Crippen molar-refractivity contribution in [3.8, 4) is 11.8 Å². The van der Waals surface area contributed by atoms with Crippen molar-refractivity contribution >= 4 is 10.9 Å². The van der Waals surface area contributed by atoms with Gasteiger partial charge in [0, 0.05) is 16.5 Å². The molecule has 2 aromatic carbocycles. The van der Waals surface area contributed by atoms with E-state index in [0.717, 1.165) is 16.8 Å². The van der Waals surface area contributed by atoms with Crippen LogP contribution >= 0.6 is 0 Å². The van der Waals surface area contributed by atoms with E-state index in [1.165, 1.54) is 10.9 Å². The van der Waals surface area contributed by atoms with Crippen molar-refractivity contribution in [2.24, 2.45) is 0 Å². The van der Waals surface area contributed by atoms with Gasteiger partial charge in [-0.15, -0.1) is 0 Å². The van der Waals surface area contributed by atoms with Crippen LogP contribution in [0.3, 0.4) is 0 Å². The summed E-state index contributed by atoms with van der Waals surface area (Å²) in [4.78, 5) is 3.33. The Balaban J connectivity index is 1.87. The van der Waals surface area contributed by atoms with Gasteiger partial charge in [0.15, 0.2) is 0 Å². The first-order chi connectivity index (χ1) is 10.0. The van der Waals surface area contributed by atoms with Crippen LogP contribution in [0.2, 0.25) is 0 Å². The van der Waals surface area contributed by atoms with Crippen molar-refractivity contribution in [2.75, 3.05) is 0 Å². The molecule has 1 heterocycles. The molecule has 0 saturated carbocycles. The Kier molecular flexibility index (Phi) is 3.31. The Morgan fingerprint density at radius 2 is 1.57 bits per heavy atom. The van der Waals surface area contributed by atoms with Gasteiger partial charge in [-0.3, -0.25) is 0 Å². The lowest BCUT2D eigenvalue weighted by molar-refractivity contribution is 0.590. The van der Waals surface area contributed by atoms with E-state index < -0.39 is 0 Å². The van der Waals surface area contributed by atoms with E-state index in [2.05, 4.69) is 80.1 Å². The first-order valence-electron chi connectivity index (χ1n) is 7.23. The second kappa shape index (κ2) is 5.14. The van der Waals surface area contributed by atoms with Crippen molar-refractivity contribution < 1.29 is 0 Å². The SMILES string of the molecule is CC(C)(C)c1ccc(C#Cc2cc3ccccc3[nH]2)cc1. The summed E-state index contributed by atoms with van der Waals surface area (Å²) in [7, 11) is 0. The third kappa shape index (κ3) is 3.01. The normalized spacial score (nSPS) is 11.2. The van der Waals surface area contributed by atoms with Gasteiger partial charge in [-0.1, -0.05) is 57.0 Å². The maximum absolute atomic E-state index is 3.33. The summed E-state index contributed by atoms with van der Waals surface area (Å²) in [6, 6.07) is 18.8. The predicted molar refractivity (Wildman–Crippen MR) is 89.4 cm³/mol. The molecule has 0 fully saturated rings. The van der Waals surface area contributed by atoms with E-state index in [0.29, 0.717) is 0 Å². The lowest BCUT2D eigenvalue weighted by Gasteiger charge is -2.18. The number of aromatic nitrogens is 1. The topological polar surface area (TPSA) is 15.8 Å². The molecule has 1 heteroatoms. The third-order valence-corrected chi connectivity index (χ3v) is 3.62. The summed E-state index contributed by atoms with van der Waals surface area (Å²) in [5.74, 6) is 6.42. The molecule has 1 aromatic heterocycles. The summed E-state index contributed by atoms with van der Waals surface area (Å²) in [5.41, 5.74) is 4.64. The molecular formula is C20H19N. The standard InChI is InChI=1S/C20H19N/c1-20(2,3)17-11-8-15(9-12-17)10-13-18-14-16-6-4-5-7-19(16)21-18/h4-9,11-12,14,21H,1-3H3. The summed E-state index contributed by atoms with van der Waals surface area (Å²) in [6.45, 7) is 6.66. The van der Waals surface area contributed by atoms with E-state index in [-0.39, 0.29) is 5.41 Å². The molecule has 0 aliphatic heterocycles. The van der Waals surface area contributed by atoms with E-state index in [4.69, 9.17) is 0 Å². The van der Waals surface area contributed by atoms with Crippen molar-refractivity contribution in [3.05, 3.63) is 71.4 Å². The molecule has 0 unspecified atom stereocenters. The minimum atomic E-state index is 0.184. The second-order valence-electron chi connectivity index (χ2n) is 6.35. The molecular weight excluding hydrogens is 254 g/mol. The van der Waals surface area contributed by atoms with Crippen molar-refractivity contribution in [1.82, 2.24) is 4.98 Å². The lowest BCUT2D eigenvalue weighted by Crippen LogP contribution is -2.10. The summed E-state index contributed by atoms with van der Waals surface area (Å²) in [5, 5.41) is 1.20. The molecule has 0 spiro atoms. The maximum atomic E-state index is 3.33. The van der Waals surface area contributed by atoms with Gasteiger partial charge in [0.25, 0.3) is 0 Å². The number of hydrogen-bond donors (Lipinski definition) is 1. The molecule has 0 aliphatic carbocycles.